The molecule has 7 nitrogen and oxygen atoms in total. The number of aromatic nitrogens is 1. The molecule has 164 valence electrons. The van der Waals surface area contributed by atoms with Crippen LogP contribution in [-0.2, 0) is 9.59 Å². The van der Waals surface area contributed by atoms with Crippen LogP contribution in [0.5, 0.6) is 0 Å². The van der Waals surface area contributed by atoms with Crippen molar-refractivity contribution in [3.05, 3.63) is 48.5 Å². The summed E-state index contributed by atoms with van der Waals surface area (Å²) in [4.78, 5) is 43.8. The summed E-state index contributed by atoms with van der Waals surface area (Å²) in [5.74, 6) is -0.617. The van der Waals surface area contributed by atoms with E-state index < -0.39 is 17.5 Å². The van der Waals surface area contributed by atoms with Crippen LogP contribution in [0.3, 0.4) is 0 Å². The van der Waals surface area contributed by atoms with Crippen LogP contribution in [0.4, 0.5) is 10.5 Å². The van der Waals surface area contributed by atoms with Gasteiger partial charge < -0.3 is 10.6 Å². The Kier molecular flexibility index (Phi) is 5.17. The molecule has 2 aliphatic rings. The van der Waals surface area contributed by atoms with Crippen LogP contribution in [0.25, 0.3) is 20.8 Å². The quantitative estimate of drug-likeness (QED) is 0.579. The predicted octanol–water partition coefficient (Wildman–Crippen LogP) is 4.40. The third kappa shape index (κ3) is 3.54. The number of rotatable bonds is 4. The Morgan fingerprint density at radius 2 is 1.97 bits per heavy atom. The normalized spacial score (nSPS) is 23.0. The highest BCUT2D eigenvalue weighted by molar-refractivity contribution is 7.21. The predicted molar refractivity (Wildman–Crippen MR) is 124 cm³/mol. The Hall–Kier alpha value is -3.26. The second-order valence-electron chi connectivity index (χ2n) is 8.55. The van der Waals surface area contributed by atoms with E-state index in [1.165, 1.54) is 0 Å². The number of hydrogen-bond donors (Lipinski definition) is 2. The van der Waals surface area contributed by atoms with E-state index in [1.807, 2.05) is 43.3 Å². The van der Waals surface area contributed by atoms with Crippen molar-refractivity contribution in [1.82, 2.24) is 15.2 Å². The molecule has 4 amide bonds. The molecule has 1 saturated heterocycles. The highest BCUT2D eigenvalue weighted by Gasteiger charge is 2.55. The number of nitrogens with one attached hydrogen (secondary N) is 2. The first kappa shape index (κ1) is 20.6. The molecule has 32 heavy (non-hydrogen) atoms. The molecule has 0 unspecified atom stereocenters. The first-order valence-corrected chi connectivity index (χ1v) is 11.7. The lowest BCUT2D eigenvalue weighted by molar-refractivity contribution is -0.136. The lowest BCUT2D eigenvalue weighted by Gasteiger charge is -2.36. The van der Waals surface area contributed by atoms with Crippen molar-refractivity contribution < 1.29 is 14.4 Å². The largest absolute Gasteiger partial charge is 0.325 e. The van der Waals surface area contributed by atoms with Crippen molar-refractivity contribution in [2.24, 2.45) is 5.92 Å². The minimum Gasteiger partial charge on any atom is -0.325 e. The van der Waals surface area contributed by atoms with E-state index in [-0.39, 0.29) is 18.4 Å². The molecule has 2 heterocycles. The van der Waals surface area contributed by atoms with Crippen molar-refractivity contribution in [3.63, 3.8) is 0 Å². The van der Waals surface area contributed by atoms with Gasteiger partial charge in [-0.15, -0.1) is 11.3 Å². The number of benzene rings is 2. The number of hydrogen-bond acceptors (Lipinski definition) is 5. The number of amides is 4. The summed E-state index contributed by atoms with van der Waals surface area (Å²) in [5, 5.41) is 6.58. The number of anilines is 1. The molecule has 2 aromatic carbocycles. The summed E-state index contributed by atoms with van der Waals surface area (Å²) in [7, 11) is 0. The Labute approximate surface area is 189 Å². The molecule has 8 heteroatoms. The molecule has 3 aromatic rings. The smallest absolute Gasteiger partial charge is 0.325 e. The van der Waals surface area contributed by atoms with E-state index in [9.17, 15) is 14.4 Å². The fraction of sp³-hybridized carbons (Fsp3) is 0.333. The third-order valence-corrected chi connectivity index (χ3v) is 7.60. The monoisotopic (exact) mass is 448 g/mol. The minimum atomic E-state index is -0.853. The van der Waals surface area contributed by atoms with E-state index in [0.717, 1.165) is 45.0 Å². The van der Waals surface area contributed by atoms with Crippen LogP contribution in [0.15, 0.2) is 48.5 Å². The molecular weight excluding hydrogens is 424 g/mol. The van der Waals surface area contributed by atoms with Gasteiger partial charge in [-0.1, -0.05) is 31.9 Å². The molecule has 0 radical (unpaired) electrons. The number of para-hydroxylation sites is 1. The van der Waals surface area contributed by atoms with Crippen molar-refractivity contribution in [2.75, 3.05) is 11.9 Å². The van der Waals surface area contributed by atoms with Gasteiger partial charge in [-0.2, -0.15) is 0 Å². The van der Waals surface area contributed by atoms with Gasteiger partial charge >= 0.3 is 6.03 Å². The van der Waals surface area contributed by atoms with Crippen LogP contribution in [0, 0.1) is 5.92 Å². The maximum atomic E-state index is 13.0. The van der Waals surface area contributed by atoms with Crippen LogP contribution in [0.1, 0.15) is 32.6 Å². The van der Waals surface area contributed by atoms with Crippen LogP contribution >= 0.6 is 11.3 Å². The first-order chi connectivity index (χ1) is 15.5. The molecule has 0 bridgehead atoms. The van der Waals surface area contributed by atoms with Crippen LogP contribution in [-0.4, -0.2) is 39.8 Å². The first-order valence-electron chi connectivity index (χ1n) is 10.9. The number of thiazole rings is 1. The van der Waals surface area contributed by atoms with Crippen LogP contribution < -0.4 is 10.6 Å². The Morgan fingerprint density at radius 3 is 2.72 bits per heavy atom. The van der Waals surface area contributed by atoms with Crippen LogP contribution in [0.2, 0.25) is 0 Å². The molecule has 1 spiro atoms. The SMILES string of the molecule is C[C@H]1CCCC[C@@]12NC(=O)N(CC(=O)Nc1ccc(-c3nc4ccccc4s3)cc1)C2=O. The van der Waals surface area contributed by atoms with Crippen molar-refractivity contribution in [2.45, 2.75) is 38.1 Å². The average molecular weight is 449 g/mol. The molecule has 1 saturated carbocycles. The molecule has 1 aromatic heterocycles. The van der Waals surface area contributed by atoms with Gasteiger partial charge in [-0.3, -0.25) is 14.5 Å². The zero-order valence-electron chi connectivity index (χ0n) is 17.8. The Morgan fingerprint density at radius 1 is 1.19 bits per heavy atom. The van der Waals surface area contributed by atoms with E-state index in [0.29, 0.717) is 12.1 Å². The summed E-state index contributed by atoms with van der Waals surface area (Å²) < 4.78 is 1.12. The van der Waals surface area contributed by atoms with Gasteiger partial charge in [0.2, 0.25) is 5.91 Å². The fourth-order valence-electron chi connectivity index (χ4n) is 4.67. The molecule has 1 aliphatic heterocycles. The zero-order chi connectivity index (χ0) is 22.3. The Balaban J connectivity index is 1.25. The lowest BCUT2D eigenvalue weighted by Crippen LogP contribution is -2.54. The topological polar surface area (TPSA) is 91.4 Å². The second-order valence-corrected chi connectivity index (χ2v) is 9.58. The second kappa shape index (κ2) is 8.02. The highest BCUT2D eigenvalue weighted by atomic mass is 32.1. The average Bonchev–Trinajstić information content (AvgIpc) is 3.32. The molecule has 2 N–H and O–H groups in total. The molecule has 5 rings (SSSR count). The van der Waals surface area contributed by atoms with Gasteiger partial charge in [0.1, 0.15) is 17.1 Å². The summed E-state index contributed by atoms with van der Waals surface area (Å²) in [6.45, 7) is 1.70. The van der Waals surface area contributed by atoms with Gasteiger partial charge in [0, 0.05) is 11.3 Å². The molecule has 1 aliphatic carbocycles. The summed E-state index contributed by atoms with van der Waals surface area (Å²) in [6.07, 6.45) is 3.48. The molecule has 2 atom stereocenters. The van der Waals surface area contributed by atoms with E-state index in [4.69, 9.17) is 0 Å². The number of urea groups is 1. The van der Waals surface area contributed by atoms with Gasteiger partial charge in [0.15, 0.2) is 0 Å². The molecular formula is C24H24N4O3S. The third-order valence-electron chi connectivity index (χ3n) is 6.51. The maximum Gasteiger partial charge on any atom is 0.325 e. The van der Waals surface area contributed by atoms with Gasteiger partial charge in [0.05, 0.1) is 10.2 Å². The molecule has 2 fully saturated rings. The number of carbonyl (C=O) groups is 3. The Bertz CT molecular complexity index is 1170. The van der Waals surface area contributed by atoms with Crippen molar-refractivity contribution in [3.8, 4) is 10.6 Å². The highest BCUT2D eigenvalue weighted by Crippen LogP contribution is 2.38. The van der Waals surface area contributed by atoms with Gasteiger partial charge in [0.25, 0.3) is 5.91 Å². The van der Waals surface area contributed by atoms with Gasteiger partial charge in [-0.25, -0.2) is 9.78 Å². The fourth-order valence-corrected chi connectivity index (χ4v) is 5.65. The van der Waals surface area contributed by atoms with E-state index >= 15 is 0 Å². The number of fused-ring (bicyclic) bond motifs is 1. The summed E-state index contributed by atoms with van der Waals surface area (Å²) in [5.41, 5.74) is 1.68. The van der Waals surface area contributed by atoms with Crippen molar-refractivity contribution in [1.29, 1.82) is 0 Å². The van der Waals surface area contributed by atoms with Crippen molar-refractivity contribution >= 4 is 45.1 Å². The summed E-state index contributed by atoms with van der Waals surface area (Å²) >= 11 is 1.62. The zero-order valence-corrected chi connectivity index (χ0v) is 18.6. The standard InChI is InChI=1S/C24H24N4O3S/c1-15-6-4-5-13-24(15)22(30)28(23(31)27-24)14-20(29)25-17-11-9-16(10-12-17)21-26-18-7-2-3-8-19(18)32-21/h2-3,7-12,15H,4-6,13-14H2,1H3,(H,25,29)(H,27,31)/t15-,24+/m0/s1. The van der Waals surface area contributed by atoms with Gasteiger partial charge in [-0.05, 0) is 55.2 Å². The lowest BCUT2D eigenvalue weighted by atomic mass is 9.73. The van der Waals surface area contributed by atoms with E-state index in [2.05, 4.69) is 15.6 Å². The number of nitrogens with zero attached hydrogens (tertiary/aromatic N) is 2. The maximum absolute atomic E-state index is 13.0. The number of imide groups is 1. The number of carbonyl (C=O) groups excluding carboxylic acids is 3. The van der Waals surface area contributed by atoms with E-state index in [1.54, 1.807) is 23.5 Å². The summed E-state index contributed by atoms with van der Waals surface area (Å²) in [6, 6.07) is 14.9. The minimum absolute atomic E-state index is 0.0656.